The molecule has 0 spiro atoms. The van der Waals surface area contributed by atoms with Crippen LogP contribution in [0, 0.1) is 0 Å². The molecular weight excluding hydrogens is 416 g/mol. The topological polar surface area (TPSA) is 41.9 Å². The molecule has 3 heterocycles. The highest BCUT2D eigenvalue weighted by Crippen LogP contribution is 2.43. The molecule has 0 radical (unpaired) electrons. The van der Waals surface area contributed by atoms with E-state index in [0.29, 0.717) is 5.56 Å². The Balaban J connectivity index is 1.35. The van der Waals surface area contributed by atoms with Crippen molar-refractivity contribution in [1.82, 2.24) is 5.01 Å². The van der Waals surface area contributed by atoms with Crippen LogP contribution in [0.1, 0.15) is 33.3 Å². The average molecular weight is 437 g/mol. The summed E-state index contributed by atoms with van der Waals surface area (Å²) in [5.74, 6) is 0.677. The van der Waals surface area contributed by atoms with Crippen molar-refractivity contribution in [3.63, 3.8) is 0 Å². The number of thiophene rings is 1. The Hall–Kier alpha value is -3.70. The molecule has 0 amide bonds. The molecule has 2 aliphatic rings. The zero-order chi connectivity index (χ0) is 21.5. The number of hydrogen-bond acceptors (Lipinski definition) is 5. The molecule has 0 aliphatic carbocycles. The monoisotopic (exact) mass is 436 g/mol. The van der Waals surface area contributed by atoms with Gasteiger partial charge in [-0.3, -0.25) is 4.79 Å². The normalized spacial score (nSPS) is 19.0. The van der Waals surface area contributed by atoms with Crippen LogP contribution in [0.3, 0.4) is 0 Å². The number of Topliss-reactive ketones (excluding diaryl/α,β-unsaturated/α-hetero) is 1. The van der Waals surface area contributed by atoms with Gasteiger partial charge in [-0.05, 0) is 28.6 Å². The van der Waals surface area contributed by atoms with Gasteiger partial charge in [0.1, 0.15) is 5.75 Å². The summed E-state index contributed by atoms with van der Waals surface area (Å²) in [5.41, 5.74) is 4.90. The SMILES string of the molecule is O=C(c1ccc(-c2ccccc2)cc1)C1Oc2ccccc2C2CC(c3cccs3)=NN12. The number of carbonyl (C=O) groups excluding carboxylic acids is 1. The molecule has 2 atom stereocenters. The number of fused-ring (bicyclic) bond motifs is 3. The predicted octanol–water partition coefficient (Wildman–Crippen LogP) is 6.17. The lowest BCUT2D eigenvalue weighted by Crippen LogP contribution is -2.45. The number of hydrazone groups is 1. The molecule has 1 aromatic heterocycles. The fourth-order valence-corrected chi connectivity index (χ4v) is 5.12. The van der Waals surface area contributed by atoms with Gasteiger partial charge in [-0.15, -0.1) is 11.3 Å². The summed E-state index contributed by atoms with van der Waals surface area (Å²) in [5, 5.41) is 8.76. The van der Waals surface area contributed by atoms with Crippen LogP contribution in [-0.2, 0) is 0 Å². The van der Waals surface area contributed by atoms with E-state index < -0.39 is 6.23 Å². The maximum absolute atomic E-state index is 13.6. The Morgan fingerprint density at radius 3 is 2.41 bits per heavy atom. The second-order valence-electron chi connectivity index (χ2n) is 7.94. The first kappa shape index (κ1) is 19.0. The third-order valence-electron chi connectivity index (χ3n) is 6.01. The minimum atomic E-state index is -0.782. The van der Waals surface area contributed by atoms with Gasteiger partial charge in [0, 0.05) is 17.5 Å². The van der Waals surface area contributed by atoms with Gasteiger partial charge in [0.2, 0.25) is 5.78 Å². The highest BCUT2D eigenvalue weighted by atomic mass is 32.1. The molecule has 32 heavy (non-hydrogen) atoms. The second-order valence-corrected chi connectivity index (χ2v) is 8.89. The number of para-hydroxylation sites is 1. The van der Waals surface area contributed by atoms with E-state index in [1.165, 1.54) is 0 Å². The number of nitrogens with zero attached hydrogens (tertiary/aromatic N) is 2. The van der Waals surface area contributed by atoms with E-state index in [1.807, 2.05) is 71.7 Å². The predicted molar refractivity (Wildman–Crippen MR) is 127 cm³/mol. The molecule has 156 valence electrons. The van der Waals surface area contributed by atoms with Gasteiger partial charge in [-0.1, -0.05) is 78.9 Å². The zero-order valence-electron chi connectivity index (χ0n) is 17.2. The lowest BCUT2D eigenvalue weighted by atomic mass is 9.97. The third-order valence-corrected chi connectivity index (χ3v) is 6.92. The van der Waals surface area contributed by atoms with Crippen molar-refractivity contribution in [2.75, 3.05) is 0 Å². The van der Waals surface area contributed by atoms with Crippen LogP contribution in [-0.4, -0.2) is 22.7 Å². The first-order valence-electron chi connectivity index (χ1n) is 10.6. The molecule has 3 aromatic carbocycles. The number of hydrogen-bond donors (Lipinski definition) is 0. The van der Waals surface area contributed by atoms with Crippen molar-refractivity contribution >= 4 is 22.8 Å². The van der Waals surface area contributed by atoms with Crippen LogP contribution in [0.5, 0.6) is 5.75 Å². The first-order chi connectivity index (χ1) is 15.8. The molecule has 2 unspecified atom stereocenters. The molecule has 4 nitrogen and oxygen atoms in total. The summed E-state index contributed by atoms with van der Waals surface area (Å²) >= 11 is 1.67. The maximum Gasteiger partial charge on any atom is 0.251 e. The molecule has 0 bridgehead atoms. The Morgan fingerprint density at radius 2 is 1.62 bits per heavy atom. The Morgan fingerprint density at radius 1 is 0.875 bits per heavy atom. The van der Waals surface area contributed by atoms with Gasteiger partial charge in [0.05, 0.1) is 16.6 Å². The van der Waals surface area contributed by atoms with E-state index >= 15 is 0 Å². The van der Waals surface area contributed by atoms with Gasteiger partial charge in [-0.2, -0.15) is 5.10 Å². The van der Waals surface area contributed by atoms with E-state index in [2.05, 4.69) is 29.6 Å². The summed E-state index contributed by atoms with van der Waals surface area (Å²) in [6.07, 6.45) is -0.0209. The molecule has 0 N–H and O–H groups in total. The van der Waals surface area contributed by atoms with Gasteiger partial charge < -0.3 is 4.74 Å². The van der Waals surface area contributed by atoms with Crippen molar-refractivity contribution in [2.45, 2.75) is 18.7 Å². The third kappa shape index (κ3) is 3.22. The van der Waals surface area contributed by atoms with Crippen LogP contribution in [0.4, 0.5) is 0 Å². The largest absolute Gasteiger partial charge is 0.461 e. The lowest BCUT2D eigenvalue weighted by Gasteiger charge is -2.37. The van der Waals surface area contributed by atoms with Gasteiger partial charge >= 0.3 is 0 Å². The average Bonchev–Trinajstić information content (AvgIpc) is 3.54. The van der Waals surface area contributed by atoms with Crippen molar-refractivity contribution in [1.29, 1.82) is 0 Å². The number of rotatable bonds is 4. The standard InChI is InChI=1S/C27H20N2O2S/c30-26(20-14-12-19(13-15-20)18-7-2-1-3-8-18)27-29-23(21-9-4-5-10-24(21)31-27)17-22(28-29)25-11-6-16-32-25/h1-16,23,27H,17H2. The summed E-state index contributed by atoms with van der Waals surface area (Å²) in [6, 6.07) is 29.9. The molecule has 5 heteroatoms. The molecule has 0 fully saturated rings. The summed E-state index contributed by atoms with van der Waals surface area (Å²) < 4.78 is 6.22. The minimum Gasteiger partial charge on any atom is -0.461 e. The molecule has 6 rings (SSSR count). The number of ketones is 1. The van der Waals surface area contributed by atoms with E-state index in [4.69, 9.17) is 9.84 Å². The van der Waals surface area contributed by atoms with Crippen molar-refractivity contribution in [3.8, 4) is 16.9 Å². The van der Waals surface area contributed by atoms with Gasteiger partial charge in [-0.25, -0.2) is 5.01 Å². The van der Waals surface area contributed by atoms with Crippen LogP contribution in [0.25, 0.3) is 11.1 Å². The Bertz CT molecular complexity index is 1300. The quantitative estimate of drug-likeness (QED) is 0.359. The molecule has 0 saturated heterocycles. The molecule has 4 aromatic rings. The number of ether oxygens (including phenoxy) is 1. The second kappa shape index (κ2) is 7.77. The van der Waals surface area contributed by atoms with Crippen LogP contribution >= 0.6 is 11.3 Å². The number of benzene rings is 3. The lowest BCUT2D eigenvalue weighted by molar-refractivity contribution is -0.00455. The fraction of sp³-hybridized carbons (Fsp3) is 0.111. The summed E-state index contributed by atoms with van der Waals surface area (Å²) in [6.45, 7) is 0. The first-order valence-corrected chi connectivity index (χ1v) is 11.5. The maximum atomic E-state index is 13.6. The molecule has 2 aliphatic heterocycles. The van der Waals surface area contributed by atoms with E-state index in [1.54, 1.807) is 11.3 Å². The highest BCUT2D eigenvalue weighted by Gasteiger charge is 2.43. The minimum absolute atomic E-state index is 0.00501. The van der Waals surface area contributed by atoms with Gasteiger partial charge in [0.25, 0.3) is 6.23 Å². The van der Waals surface area contributed by atoms with E-state index in [-0.39, 0.29) is 11.8 Å². The van der Waals surface area contributed by atoms with E-state index in [9.17, 15) is 4.79 Å². The smallest absolute Gasteiger partial charge is 0.251 e. The van der Waals surface area contributed by atoms with E-state index in [0.717, 1.165) is 39.4 Å². The zero-order valence-corrected chi connectivity index (χ0v) is 18.0. The van der Waals surface area contributed by atoms with Crippen LogP contribution in [0.15, 0.2) is 101 Å². The fourth-order valence-electron chi connectivity index (χ4n) is 4.40. The Kier molecular flexibility index (Phi) is 4.62. The van der Waals surface area contributed by atoms with Crippen LogP contribution < -0.4 is 4.74 Å². The molecule has 0 saturated carbocycles. The summed E-state index contributed by atoms with van der Waals surface area (Å²) in [4.78, 5) is 14.7. The summed E-state index contributed by atoms with van der Waals surface area (Å²) in [7, 11) is 0. The number of carbonyl (C=O) groups is 1. The van der Waals surface area contributed by atoms with Gasteiger partial charge in [0.15, 0.2) is 0 Å². The van der Waals surface area contributed by atoms with Crippen LogP contribution in [0.2, 0.25) is 0 Å². The van der Waals surface area contributed by atoms with Crippen molar-refractivity contribution < 1.29 is 9.53 Å². The highest BCUT2D eigenvalue weighted by molar-refractivity contribution is 7.12. The van der Waals surface area contributed by atoms with Crippen molar-refractivity contribution in [2.24, 2.45) is 5.10 Å². The Labute approximate surface area is 190 Å². The van der Waals surface area contributed by atoms with Crippen molar-refractivity contribution in [3.05, 3.63) is 112 Å². The molecular formula is C27H20N2O2S.